The SMILES string of the molecule is COc1nc(Cl)nc(N(C)CC2CCC2)n1. The highest BCUT2D eigenvalue weighted by Crippen LogP contribution is 2.27. The molecule has 1 aromatic rings. The van der Waals surface area contributed by atoms with Gasteiger partial charge in [0.1, 0.15) is 0 Å². The van der Waals surface area contributed by atoms with Crippen molar-refractivity contribution >= 4 is 17.5 Å². The summed E-state index contributed by atoms with van der Waals surface area (Å²) in [6.07, 6.45) is 3.92. The van der Waals surface area contributed by atoms with Crippen molar-refractivity contribution in [1.82, 2.24) is 15.0 Å². The van der Waals surface area contributed by atoms with Gasteiger partial charge in [-0.2, -0.15) is 15.0 Å². The summed E-state index contributed by atoms with van der Waals surface area (Å²) in [5.41, 5.74) is 0. The summed E-state index contributed by atoms with van der Waals surface area (Å²) >= 11 is 5.79. The van der Waals surface area contributed by atoms with Crippen molar-refractivity contribution < 1.29 is 4.74 Å². The maximum Gasteiger partial charge on any atom is 0.322 e. The molecule has 6 heteroatoms. The summed E-state index contributed by atoms with van der Waals surface area (Å²) in [6, 6.07) is 0.260. The average molecular weight is 243 g/mol. The molecule has 1 saturated carbocycles. The summed E-state index contributed by atoms with van der Waals surface area (Å²) in [5, 5.41) is 0.169. The van der Waals surface area contributed by atoms with Gasteiger partial charge in [0, 0.05) is 13.6 Å². The molecule has 0 bridgehead atoms. The fourth-order valence-corrected chi connectivity index (χ4v) is 1.88. The van der Waals surface area contributed by atoms with Gasteiger partial charge in [-0.15, -0.1) is 0 Å². The number of aromatic nitrogens is 3. The van der Waals surface area contributed by atoms with E-state index in [2.05, 4.69) is 15.0 Å². The third-order valence-corrected chi connectivity index (χ3v) is 3.03. The van der Waals surface area contributed by atoms with Crippen molar-refractivity contribution in [3.8, 4) is 6.01 Å². The number of ether oxygens (including phenoxy) is 1. The minimum absolute atomic E-state index is 0.169. The highest BCUT2D eigenvalue weighted by atomic mass is 35.5. The average Bonchev–Trinajstić information content (AvgIpc) is 2.22. The van der Waals surface area contributed by atoms with Gasteiger partial charge in [-0.25, -0.2) is 0 Å². The number of hydrogen-bond acceptors (Lipinski definition) is 5. The monoisotopic (exact) mass is 242 g/mol. The first-order valence-electron chi connectivity index (χ1n) is 5.35. The quantitative estimate of drug-likeness (QED) is 0.806. The first-order chi connectivity index (χ1) is 7.69. The van der Waals surface area contributed by atoms with Crippen LogP contribution in [0.4, 0.5) is 5.95 Å². The van der Waals surface area contributed by atoms with Gasteiger partial charge in [0.2, 0.25) is 11.2 Å². The summed E-state index contributed by atoms with van der Waals surface area (Å²) < 4.78 is 4.96. The Balaban J connectivity index is 2.08. The van der Waals surface area contributed by atoms with Gasteiger partial charge in [0.05, 0.1) is 7.11 Å². The van der Waals surface area contributed by atoms with Gasteiger partial charge in [0.25, 0.3) is 0 Å². The Morgan fingerprint density at radius 1 is 1.38 bits per heavy atom. The third kappa shape index (κ3) is 2.52. The molecule has 1 aliphatic carbocycles. The fourth-order valence-electron chi connectivity index (χ4n) is 1.73. The van der Waals surface area contributed by atoms with Crippen molar-refractivity contribution in [2.75, 3.05) is 25.6 Å². The molecule has 2 rings (SSSR count). The minimum atomic E-state index is 0.169. The van der Waals surface area contributed by atoms with Gasteiger partial charge < -0.3 is 9.64 Å². The number of anilines is 1. The van der Waals surface area contributed by atoms with E-state index in [0.29, 0.717) is 5.95 Å². The van der Waals surface area contributed by atoms with Crippen molar-refractivity contribution in [3.05, 3.63) is 5.28 Å². The third-order valence-electron chi connectivity index (χ3n) is 2.86. The van der Waals surface area contributed by atoms with E-state index in [-0.39, 0.29) is 11.3 Å². The molecule has 1 aliphatic rings. The smallest absolute Gasteiger partial charge is 0.322 e. The standard InChI is InChI=1S/C10H15ClN4O/c1-15(6-7-4-3-5-7)9-12-8(11)13-10(14-9)16-2/h7H,3-6H2,1-2H3. The zero-order chi connectivity index (χ0) is 11.5. The van der Waals surface area contributed by atoms with Crippen LogP contribution in [0.25, 0.3) is 0 Å². The molecule has 0 N–H and O–H groups in total. The van der Waals surface area contributed by atoms with Crippen molar-refractivity contribution in [1.29, 1.82) is 0 Å². The Hall–Kier alpha value is -1.10. The fraction of sp³-hybridized carbons (Fsp3) is 0.700. The molecular formula is C10H15ClN4O. The van der Waals surface area contributed by atoms with Crippen LogP contribution >= 0.6 is 11.6 Å². The Labute approximate surface area is 99.8 Å². The highest BCUT2D eigenvalue weighted by molar-refractivity contribution is 6.28. The van der Waals surface area contributed by atoms with Crippen LogP contribution in [0.15, 0.2) is 0 Å². The molecular weight excluding hydrogens is 228 g/mol. The zero-order valence-corrected chi connectivity index (χ0v) is 10.2. The molecule has 1 fully saturated rings. The number of methoxy groups -OCH3 is 1. The van der Waals surface area contributed by atoms with Crippen molar-refractivity contribution in [2.45, 2.75) is 19.3 Å². The number of nitrogens with zero attached hydrogens (tertiary/aromatic N) is 4. The molecule has 1 heterocycles. The molecule has 5 nitrogen and oxygen atoms in total. The predicted molar refractivity (Wildman–Crippen MR) is 62.0 cm³/mol. The molecule has 0 saturated heterocycles. The summed E-state index contributed by atoms with van der Waals surface area (Å²) in [5.74, 6) is 1.33. The van der Waals surface area contributed by atoms with Gasteiger partial charge in [-0.1, -0.05) is 6.42 Å². The van der Waals surface area contributed by atoms with Gasteiger partial charge in [-0.3, -0.25) is 0 Å². The molecule has 0 unspecified atom stereocenters. The molecule has 0 amide bonds. The first-order valence-corrected chi connectivity index (χ1v) is 5.73. The molecule has 0 radical (unpaired) electrons. The Kier molecular flexibility index (Phi) is 3.43. The van der Waals surface area contributed by atoms with E-state index >= 15 is 0 Å². The van der Waals surface area contributed by atoms with E-state index in [1.807, 2.05) is 11.9 Å². The Morgan fingerprint density at radius 3 is 2.69 bits per heavy atom. The molecule has 16 heavy (non-hydrogen) atoms. The molecule has 0 aliphatic heterocycles. The first kappa shape index (κ1) is 11.4. The van der Waals surface area contributed by atoms with Gasteiger partial charge in [0.15, 0.2) is 0 Å². The lowest BCUT2D eigenvalue weighted by Gasteiger charge is -2.30. The van der Waals surface area contributed by atoms with E-state index in [1.54, 1.807) is 0 Å². The maximum absolute atomic E-state index is 5.79. The normalized spacial score (nSPS) is 15.7. The second-order valence-electron chi connectivity index (χ2n) is 4.07. The van der Waals surface area contributed by atoms with Gasteiger partial charge in [-0.05, 0) is 30.4 Å². The lowest BCUT2D eigenvalue weighted by Crippen LogP contribution is -2.30. The highest BCUT2D eigenvalue weighted by Gasteiger charge is 2.20. The summed E-state index contributed by atoms with van der Waals surface area (Å²) in [4.78, 5) is 14.1. The predicted octanol–water partition coefficient (Wildman–Crippen LogP) is 1.77. The summed E-state index contributed by atoms with van der Waals surface area (Å²) in [6.45, 7) is 0.962. The van der Waals surface area contributed by atoms with Crippen LogP contribution in [0, 0.1) is 5.92 Å². The number of halogens is 1. The second kappa shape index (κ2) is 4.82. The Bertz CT molecular complexity index is 370. The topological polar surface area (TPSA) is 51.1 Å². The number of hydrogen-bond donors (Lipinski definition) is 0. The van der Waals surface area contributed by atoms with Crippen molar-refractivity contribution in [3.63, 3.8) is 0 Å². The molecule has 0 spiro atoms. The van der Waals surface area contributed by atoms with Crippen LogP contribution in [-0.4, -0.2) is 35.7 Å². The van der Waals surface area contributed by atoms with E-state index in [0.717, 1.165) is 12.5 Å². The van der Waals surface area contributed by atoms with Crippen LogP contribution in [-0.2, 0) is 0 Å². The zero-order valence-electron chi connectivity index (χ0n) is 9.48. The molecule has 88 valence electrons. The van der Waals surface area contributed by atoms with E-state index < -0.39 is 0 Å². The van der Waals surface area contributed by atoms with Crippen LogP contribution in [0.3, 0.4) is 0 Å². The molecule has 0 aromatic carbocycles. The summed E-state index contributed by atoms with van der Waals surface area (Å²) in [7, 11) is 3.48. The van der Waals surface area contributed by atoms with E-state index in [1.165, 1.54) is 26.4 Å². The molecule has 0 atom stereocenters. The molecule has 1 aromatic heterocycles. The van der Waals surface area contributed by atoms with Crippen LogP contribution < -0.4 is 9.64 Å². The minimum Gasteiger partial charge on any atom is -0.467 e. The maximum atomic E-state index is 5.79. The Morgan fingerprint density at radius 2 is 2.12 bits per heavy atom. The van der Waals surface area contributed by atoms with Crippen LogP contribution in [0.1, 0.15) is 19.3 Å². The second-order valence-corrected chi connectivity index (χ2v) is 4.41. The largest absolute Gasteiger partial charge is 0.467 e. The van der Waals surface area contributed by atoms with E-state index in [4.69, 9.17) is 16.3 Å². The van der Waals surface area contributed by atoms with Crippen LogP contribution in [0.5, 0.6) is 6.01 Å². The van der Waals surface area contributed by atoms with Gasteiger partial charge >= 0.3 is 6.01 Å². The lowest BCUT2D eigenvalue weighted by atomic mass is 9.85. The number of rotatable bonds is 4. The van der Waals surface area contributed by atoms with E-state index in [9.17, 15) is 0 Å². The lowest BCUT2D eigenvalue weighted by molar-refractivity contribution is 0.319. The van der Waals surface area contributed by atoms with Crippen molar-refractivity contribution in [2.24, 2.45) is 5.92 Å². The van der Waals surface area contributed by atoms with Crippen LogP contribution in [0.2, 0.25) is 5.28 Å².